The zero-order valence-electron chi connectivity index (χ0n) is 19.2. The number of carbonyl (C=O) groups excluding carboxylic acids is 2. The molecule has 5 nitrogen and oxygen atoms in total. The molecule has 0 fully saturated rings. The maximum absolute atomic E-state index is 11.8. The van der Waals surface area contributed by atoms with Crippen LogP contribution in [0.1, 0.15) is 26.3 Å². The third kappa shape index (κ3) is 4.55. The van der Waals surface area contributed by atoms with E-state index in [2.05, 4.69) is 0 Å². The highest BCUT2D eigenvalue weighted by atomic mass is 16.5. The van der Waals surface area contributed by atoms with Gasteiger partial charge in [-0.3, -0.25) is 0 Å². The van der Waals surface area contributed by atoms with E-state index >= 15 is 0 Å². The molecule has 0 bridgehead atoms. The highest BCUT2D eigenvalue weighted by molar-refractivity contribution is 5.93. The molecule has 4 aromatic rings. The summed E-state index contributed by atoms with van der Waals surface area (Å²) in [6, 6.07) is 25.8. The van der Waals surface area contributed by atoms with E-state index < -0.39 is 11.9 Å². The van der Waals surface area contributed by atoms with Crippen LogP contribution in [-0.4, -0.2) is 31.3 Å². The summed E-state index contributed by atoms with van der Waals surface area (Å²) in [6.45, 7) is 2.03. The van der Waals surface area contributed by atoms with Gasteiger partial charge < -0.3 is 14.6 Å². The summed E-state index contributed by atoms with van der Waals surface area (Å²) in [5.74, 6) is -0.737. The van der Waals surface area contributed by atoms with Crippen LogP contribution in [0.4, 0.5) is 0 Å². The summed E-state index contributed by atoms with van der Waals surface area (Å²) >= 11 is 0. The molecular weight excluding hydrogens is 428 g/mol. The van der Waals surface area contributed by atoms with Crippen LogP contribution in [0.2, 0.25) is 0 Å². The number of esters is 2. The van der Waals surface area contributed by atoms with Crippen LogP contribution in [0, 0.1) is 6.92 Å². The van der Waals surface area contributed by atoms with Crippen LogP contribution in [0.5, 0.6) is 5.75 Å². The molecule has 0 heterocycles. The molecule has 0 spiro atoms. The molecule has 0 unspecified atom stereocenters. The van der Waals surface area contributed by atoms with E-state index in [0.717, 1.165) is 27.8 Å². The van der Waals surface area contributed by atoms with Gasteiger partial charge in [-0.15, -0.1) is 0 Å². The van der Waals surface area contributed by atoms with Gasteiger partial charge in [0.05, 0.1) is 25.3 Å². The van der Waals surface area contributed by atoms with Crippen molar-refractivity contribution in [2.24, 2.45) is 0 Å². The molecule has 0 saturated heterocycles. The number of carbonyl (C=O) groups is 2. The smallest absolute Gasteiger partial charge is 0.337 e. The highest BCUT2D eigenvalue weighted by Crippen LogP contribution is 2.42. The lowest BCUT2D eigenvalue weighted by molar-refractivity contribution is 0.0592. The maximum atomic E-state index is 11.8. The number of benzene rings is 4. The van der Waals surface area contributed by atoms with E-state index in [0.29, 0.717) is 22.3 Å². The maximum Gasteiger partial charge on any atom is 0.337 e. The fourth-order valence-electron chi connectivity index (χ4n) is 3.79. The fraction of sp³-hybridized carbons (Fsp3) is 0.103. The SMILES string of the molecule is COC(=O)c1ccc(-c2cc(-c3ccc(C)cc3)cc(-c3ccc(C(=O)OC)cc3)c2O)cc1. The third-order valence-corrected chi connectivity index (χ3v) is 5.73. The number of hydrogen-bond donors (Lipinski definition) is 1. The van der Waals surface area contributed by atoms with Gasteiger partial charge in [-0.1, -0.05) is 54.1 Å². The topological polar surface area (TPSA) is 72.8 Å². The standard InChI is InChI=1S/C29H24O5/c1-18-4-6-19(7-5-18)24-16-25(20-8-12-22(13-9-20)28(31)33-2)27(30)26(17-24)21-10-14-23(15-11-21)29(32)34-3/h4-17,30H,1-3H3. The number of phenols is 1. The third-order valence-electron chi connectivity index (χ3n) is 5.73. The van der Waals surface area contributed by atoms with Crippen LogP contribution < -0.4 is 0 Å². The number of aryl methyl sites for hydroxylation is 1. The second-order valence-corrected chi connectivity index (χ2v) is 7.92. The lowest BCUT2D eigenvalue weighted by Crippen LogP contribution is -2.00. The summed E-state index contributed by atoms with van der Waals surface area (Å²) in [5.41, 5.74) is 6.71. The molecule has 0 aromatic heterocycles. The van der Waals surface area contributed by atoms with Crippen LogP contribution in [0.15, 0.2) is 84.9 Å². The normalized spacial score (nSPS) is 10.6. The van der Waals surface area contributed by atoms with Crippen molar-refractivity contribution < 1.29 is 24.2 Å². The van der Waals surface area contributed by atoms with Crippen LogP contribution in [0.3, 0.4) is 0 Å². The summed E-state index contributed by atoms with van der Waals surface area (Å²) in [5, 5.41) is 11.3. The van der Waals surface area contributed by atoms with Gasteiger partial charge in [-0.05, 0) is 65.6 Å². The van der Waals surface area contributed by atoms with E-state index in [1.165, 1.54) is 14.2 Å². The first-order chi connectivity index (χ1) is 16.4. The molecule has 170 valence electrons. The van der Waals surface area contributed by atoms with Crippen molar-refractivity contribution in [2.45, 2.75) is 6.92 Å². The summed E-state index contributed by atoms with van der Waals surface area (Å²) < 4.78 is 9.56. The number of phenolic OH excluding ortho intramolecular Hbond substituents is 1. The Balaban J connectivity index is 1.87. The van der Waals surface area contributed by atoms with Crippen molar-refractivity contribution in [3.8, 4) is 39.1 Å². The van der Waals surface area contributed by atoms with Crippen molar-refractivity contribution in [1.82, 2.24) is 0 Å². The minimum atomic E-state index is -0.421. The van der Waals surface area contributed by atoms with E-state index in [-0.39, 0.29) is 5.75 Å². The fourth-order valence-corrected chi connectivity index (χ4v) is 3.79. The number of hydrogen-bond acceptors (Lipinski definition) is 5. The Morgan fingerprint density at radius 2 is 0.971 bits per heavy atom. The summed E-state index contributed by atoms with van der Waals surface area (Å²) in [6.07, 6.45) is 0. The minimum Gasteiger partial charge on any atom is -0.507 e. The second kappa shape index (κ2) is 9.63. The van der Waals surface area contributed by atoms with Crippen LogP contribution >= 0.6 is 0 Å². The van der Waals surface area contributed by atoms with Crippen molar-refractivity contribution in [3.05, 3.63) is 102 Å². The zero-order valence-corrected chi connectivity index (χ0v) is 19.2. The van der Waals surface area contributed by atoms with E-state index in [9.17, 15) is 14.7 Å². The van der Waals surface area contributed by atoms with Gasteiger partial charge in [0.1, 0.15) is 5.75 Å². The zero-order chi connectivity index (χ0) is 24.2. The van der Waals surface area contributed by atoms with Gasteiger partial charge >= 0.3 is 11.9 Å². The van der Waals surface area contributed by atoms with Gasteiger partial charge in [0.15, 0.2) is 0 Å². The van der Waals surface area contributed by atoms with Crippen molar-refractivity contribution >= 4 is 11.9 Å². The lowest BCUT2D eigenvalue weighted by Gasteiger charge is -2.15. The number of methoxy groups -OCH3 is 2. The van der Waals surface area contributed by atoms with E-state index in [1.807, 2.05) is 43.3 Å². The Bertz CT molecular complexity index is 1250. The lowest BCUT2D eigenvalue weighted by atomic mass is 9.91. The molecule has 0 atom stereocenters. The van der Waals surface area contributed by atoms with Crippen molar-refractivity contribution in [2.75, 3.05) is 14.2 Å². The molecule has 0 radical (unpaired) electrons. The monoisotopic (exact) mass is 452 g/mol. The molecule has 34 heavy (non-hydrogen) atoms. The molecule has 4 rings (SSSR count). The molecule has 0 aliphatic rings. The van der Waals surface area contributed by atoms with E-state index in [1.54, 1.807) is 48.5 Å². The van der Waals surface area contributed by atoms with Crippen molar-refractivity contribution in [3.63, 3.8) is 0 Å². The largest absolute Gasteiger partial charge is 0.507 e. The minimum absolute atomic E-state index is 0.104. The molecule has 4 aromatic carbocycles. The Morgan fingerprint density at radius 1 is 0.588 bits per heavy atom. The number of ether oxygens (including phenoxy) is 2. The molecule has 0 saturated carbocycles. The predicted octanol–water partition coefficient (Wildman–Crippen LogP) is 6.27. The summed E-state index contributed by atoms with van der Waals surface area (Å²) in [7, 11) is 2.68. The van der Waals surface area contributed by atoms with Crippen molar-refractivity contribution in [1.29, 1.82) is 0 Å². The molecular formula is C29H24O5. The molecule has 1 N–H and O–H groups in total. The molecule has 0 aliphatic heterocycles. The van der Waals surface area contributed by atoms with Gasteiger partial charge in [-0.25, -0.2) is 9.59 Å². The number of rotatable bonds is 5. The molecule has 5 heteroatoms. The Kier molecular flexibility index (Phi) is 6.46. The van der Waals surface area contributed by atoms with Crippen LogP contribution in [-0.2, 0) is 9.47 Å². The highest BCUT2D eigenvalue weighted by Gasteiger charge is 2.16. The predicted molar refractivity (Wildman–Crippen MR) is 132 cm³/mol. The molecule has 0 aliphatic carbocycles. The second-order valence-electron chi connectivity index (χ2n) is 7.92. The Hall–Kier alpha value is -4.38. The first-order valence-electron chi connectivity index (χ1n) is 10.7. The van der Waals surface area contributed by atoms with E-state index in [4.69, 9.17) is 9.47 Å². The van der Waals surface area contributed by atoms with Gasteiger partial charge in [-0.2, -0.15) is 0 Å². The average Bonchev–Trinajstić information content (AvgIpc) is 2.88. The van der Waals surface area contributed by atoms with Gasteiger partial charge in [0, 0.05) is 11.1 Å². The molecule has 0 amide bonds. The first kappa shape index (κ1) is 22.8. The van der Waals surface area contributed by atoms with Gasteiger partial charge in [0.25, 0.3) is 0 Å². The van der Waals surface area contributed by atoms with Gasteiger partial charge in [0.2, 0.25) is 0 Å². The number of aromatic hydroxyl groups is 1. The quantitative estimate of drug-likeness (QED) is 0.361. The Morgan fingerprint density at radius 3 is 1.35 bits per heavy atom. The van der Waals surface area contributed by atoms with Crippen LogP contribution in [0.25, 0.3) is 33.4 Å². The average molecular weight is 453 g/mol. The summed E-state index contributed by atoms with van der Waals surface area (Å²) in [4.78, 5) is 23.7. The Labute approximate surface area is 198 Å². The first-order valence-corrected chi connectivity index (χ1v) is 10.7.